The molecule has 8 rings (SSSR count). The number of methoxy groups -OCH3 is 1. The lowest BCUT2D eigenvalue weighted by atomic mass is 9.82. The Kier molecular flexibility index (Phi) is 10.9. The van der Waals surface area contributed by atoms with Crippen molar-refractivity contribution >= 4 is 42.4 Å². The Morgan fingerprint density at radius 1 is 1.00 bits per heavy atom. The number of rotatable bonds is 10. The van der Waals surface area contributed by atoms with Gasteiger partial charge < -0.3 is 35.0 Å². The smallest absolute Gasteiger partial charge is 0.264 e. The minimum Gasteiger partial charge on any atom is -0.497 e. The van der Waals surface area contributed by atoms with Crippen molar-refractivity contribution in [1.29, 1.82) is 0 Å². The van der Waals surface area contributed by atoms with Crippen molar-refractivity contribution in [1.82, 2.24) is 10.2 Å². The number of carbonyl (C=O) groups is 3. The van der Waals surface area contributed by atoms with Gasteiger partial charge in [0.2, 0.25) is 11.8 Å². The molecule has 11 heteroatoms. The zero-order valence-electron chi connectivity index (χ0n) is 33.4. The quantitative estimate of drug-likeness (QED) is 0.176. The monoisotopic (exact) mass is 786 g/mol. The molecule has 10 nitrogen and oxygen atoms in total. The van der Waals surface area contributed by atoms with Gasteiger partial charge in [0, 0.05) is 30.3 Å². The minimum absolute atomic E-state index is 0.00317. The van der Waals surface area contributed by atoms with Crippen LogP contribution in [0.2, 0.25) is 18.6 Å². The van der Waals surface area contributed by atoms with Gasteiger partial charge >= 0.3 is 0 Å². The van der Waals surface area contributed by atoms with Gasteiger partial charge in [0.25, 0.3) is 5.91 Å². The number of fused-ring (bicyclic) bond motifs is 3. The van der Waals surface area contributed by atoms with Gasteiger partial charge in [-0.3, -0.25) is 14.4 Å². The van der Waals surface area contributed by atoms with Crippen LogP contribution in [0.3, 0.4) is 0 Å². The zero-order chi connectivity index (χ0) is 39.9. The lowest BCUT2D eigenvalue weighted by molar-refractivity contribution is -0.151. The van der Waals surface area contributed by atoms with E-state index in [2.05, 4.69) is 54.9 Å². The van der Waals surface area contributed by atoms with Gasteiger partial charge in [-0.15, -0.1) is 0 Å². The van der Waals surface area contributed by atoms with Crippen molar-refractivity contribution in [2.75, 3.05) is 37.0 Å². The van der Waals surface area contributed by atoms with Gasteiger partial charge in [0.05, 0.1) is 58.5 Å². The number of hydrogen-bond donors (Lipinski definition) is 3. The van der Waals surface area contributed by atoms with E-state index in [-0.39, 0.29) is 54.2 Å². The number of nitrogens with zero attached hydrogens (tertiary/aromatic N) is 2. The van der Waals surface area contributed by atoms with E-state index in [9.17, 15) is 14.7 Å². The summed E-state index contributed by atoms with van der Waals surface area (Å²) in [5, 5.41) is 18.1. The highest BCUT2D eigenvalue weighted by Gasteiger charge is 2.66. The second-order valence-corrected chi connectivity index (χ2v) is 21.5. The van der Waals surface area contributed by atoms with Crippen LogP contribution in [-0.4, -0.2) is 74.8 Å². The van der Waals surface area contributed by atoms with Gasteiger partial charge in [-0.05, 0) is 78.4 Å². The zero-order valence-corrected chi connectivity index (χ0v) is 34.4. The molecular weight excluding hydrogens is 733 g/mol. The maximum atomic E-state index is 15.3. The highest BCUT2D eigenvalue weighted by Crippen LogP contribution is 2.60. The number of aliphatic hydroxyl groups is 1. The molecule has 3 N–H and O–H groups in total. The third kappa shape index (κ3) is 7.09. The summed E-state index contributed by atoms with van der Waals surface area (Å²) in [6.45, 7) is 8.95. The lowest BCUT2D eigenvalue weighted by Crippen LogP contribution is -2.52. The number of ether oxygens (including phenoxy) is 2. The van der Waals surface area contributed by atoms with Crippen molar-refractivity contribution in [3.05, 3.63) is 119 Å². The Hall–Kier alpha value is -4.81. The molecule has 4 heterocycles. The first-order valence-electron chi connectivity index (χ1n) is 20.4. The molecule has 2 fully saturated rings. The summed E-state index contributed by atoms with van der Waals surface area (Å²) in [6, 6.07) is 31.6. The van der Waals surface area contributed by atoms with E-state index < -0.39 is 19.8 Å². The molecule has 4 aromatic carbocycles. The predicted octanol–water partition coefficient (Wildman–Crippen LogP) is 5.73. The Balaban J connectivity index is 1.13. The standard InChI is InChI=1S/C46H54N4O6Si/c1-30-43(57(3,4)38-20-18-37(55-2)19-21-38)41(25-42(52)49-28-34-13-6-5-12-32(34)24-36(49)29-51)56-46(30)39-16-7-8-17-40(39)50(45(46)54)27-31-11-9-15-35(23-31)48-44(53)33-14-10-22-47-26-33/h5-9,11-13,15-21,23,30,33,36,41,43,47,51H,10,14,22,24-29H2,1-4H3,(H,48,53)/t30-,33?,36+,41+,43-,46+/m1/s1. The predicted molar refractivity (Wildman–Crippen MR) is 224 cm³/mol. The van der Waals surface area contributed by atoms with Crippen LogP contribution in [0.4, 0.5) is 11.4 Å². The van der Waals surface area contributed by atoms with Gasteiger partial charge in [0.15, 0.2) is 5.60 Å². The average Bonchev–Trinajstić information content (AvgIpc) is 3.66. The summed E-state index contributed by atoms with van der Waals surface area (Å²) in [7, 11) is -0.844. The fraction of sp³-hybridized carbons (Fsp3) is 0.413. The third-order valence-corrected chi connectivity index (χ3v) is 17.6. The van der Waals surface area contributed by atoms with Crippen molar-refractivity contribution in [3.63, 3.8) is 0 Å². The molecule has 0 radical (unpaired) electrons. The van der Waals surface area contributed by atoms with Crippen LogP contribution in [0.25, 0.3) is 0 Å². The van der Waals surface area contributed by atoms with Crippen molar-refractivity contribution in [3.8, 4) is 5.75 Å². The van der Waals surface area contributed by atoms with Crippen molar-refractivity contribution in [2.24, 2.45) is 11.8 Å². The maximum Gasteiger partial charge on any atom is 0.264 e. The number of anilines is 2. The first-order valence-corrected chi connectivity index (χ1v) is 23.4. The molecule has 1 unspecified atom stereocenters. The average molecular weight is 787 g/mol. The van der Waals surface area contributed by atoms with Crippen LogP contribution in [0.1, 0.15) is 48.4 Å². The lowest BCUT2D eigenvalue weighted by Gasteiger charge is -2.39. The van der Waals surface area contributed by atoms with Crippen LogP contribution < -0.4 is 25.5 Å². The molecule has 2 saturated heterocycles. The van der Waals surface area contributed by atoms with E-state index in [1.54, 1.807) is 7.11 Å². The Labute approximate surface area is 336 Å². The molecule has 0 bridgehead atoms. The molecule has 4 aromatic rings. The SMILES string of the molecule is COc1ccc([Si](C)(C)[C@H]2[C@H](CC(=O)N3Cc4ccccc4C[C@H]3CO)O[C@@]3(C(=O)N(Cc4cccc(NC(=O)C5CCCNC5)c4)c4ccccc43)[C@@H]2C)cc1. The Morgan fingerprint density at radius 2 is 1.75 bits per heavy atom. The molecule has 4 aliphatic rings. The highest BCUT2D eigenvalue weighted by molar-refractivity contribution is 6.91. The number of para-hydroxylation sites is 1. The molecule has 1 spiro atoms. The summed E-state index contributed by atoms with van der Waals surface area (Å²) in [6.07, 6.45) is 1.96. The normalized spacial score (nSPS) is 25.6. The topological polar surface area (TPSA) is 120 Å². The molecule has 57 heavy (non-hydrogen) atoms. The van der Waals surface area contributed by atoms with Crippen LogP contribution in [0.15, 0.2) is 97.1 Å². The van der Waals surface area contributed by atoms with E-state index in [1.807, 2.05) is 82.6 Å². The molecule has 0 aromatic heterocycles. The van der Waals surface area contributed by atoms with Crippen LogP contribution >= 0.6 is 0 Å². The molecule has 4 aliphatic heterocycles. The first-order chi connectivity index (χ1) is 27.5. The fourth-order valence-corrected chi connectivity index (χ4v) is 14.2. The van der Waals surface area contributed by atoms with Gasteiger partial charge in [-0.2, -0.15) is 0 Å². The largest absolute Gasteiger partial charge is 0.497 e. The van der Waals surface area contributed by atoms with E-state index >= 15 is 4.79 Å². The van der Waals surface area contributed by atoms with Crippen molar-refractivity contribution in [2.45, 2.75) is 82.1 Å². The number of nitrogens with one attached hydrogen (secondary N) is 2. The molecule has 0 saturated carbocycles. The van der Waals surface area contributed by atoms with E-state index in [0.29, 0.717) is 31.7 Å². The van der Waals surface area contributed by atoms with Crippen LogP contribution in [-0.2, 0) is 44.2 Å². The summed E-state index contributed by atoms with van der Waals surface area (Å²) in [4.78, 5) is 46.7. The fourth-order valence-electron chi connectivity index (χ4n) is 10.2. The molecule has 298 valence electrons. The van der Waals surface area contributed by atoms with E-state index in [4.69, 9.17) is 9.47 Å². The summed E-state index contributed by atoms with van der Waals surface area (Å²) in [5.41, 5.74) is 4.00. The van der Waals surface area contributed by atoms with Crippen LogP contribution in [0.5, 0.6) is 5.75 Å². The highest BCUT2D eigenvalue weighted by atomic mass is 28.3. The summed E-state index contributed by atoms with van der Waals surface area (Å²) in [5.74, 6) is 0.202. The molecule has 6 atom stereocenters. The maximum absolute atomic E-state index is 15.3. The number of aliphatic hydroxyl groups excluding tert-OH is 1. The molecule has 3 amide bonds. The second kappa shape index (κ2) is 15.9. The van der Waals surface area contributed by atoms with Gasteiger partial charge in [-0.25, -0.2) is 0 Å². The number of carbonyl (C=O) groups excluding carboxylic acids is 3. The molecular formula is C46H54N4O6Si. The Bertz CT molecular complexity index is 2140. The van der Waals surface area contributed by atoms with Crippen LogP contribution in [0, 0.1) is 11.8 Å². The number of benzene rings is 4. The first kappa shape index (κ1) is 39.0. The number of hydrogen-bond acceptors (Lipinski definition) is 7. The third-order valence-electron chi connectivity index (χ3n) is 13.2. The minimum atomic E-state index is -2.50. The summed E-state index contributed by atoms with van der Waals surface area (Å²) < 4.78 is 12.8. The van der Waals surface area contributed by atoms with Crippen molar-refractivity contribution < 1.29 is 29.0 Å². The molecule has 0 aliphatic carbocycles. The number of piperidine rings is 1. The van der Waals surface area contributed by atoms with Gasteiger partial charge in [-0.1, -0.05) is 91.9 Å². The summed E-state index contributed by atoms with van der Waals surface area (Å²) >= 11 is 0. The van der Waals surface area contributed by atoms with E-state index in [0.717, 1.165) is 53.1 Å². The number of amides is 3. The Morgan fingerprint density at radius 3 is 2.49 bits per heavy atom. The second-order valence-electron chi connectivity index (χ2n) is 16.8. The van der Waals surface area contributed by atoms with E-state index in [1.165, 1.54) is 5.19 Å². The van der Waals surface area contributed by atoms with Gasteiger partial charge in [0.1, 0.15) is 5.75 Å².